The molecule has 2 heterocycles. The molecule has 0 amide bonds. The third-order valence-corrected chi connectivity index (χ3v) is 2.49. The summed E-state index contributed by atoms with van der Waals surface area (Å²) >= 11 is 3.22. The van der Waals surface area contributed by atoms with Crippen LogP contribution in [0.5, 0.6) is 0 Å². The zero-order valence-electron chi connectivity index (χ0n) is 7.88. The monoisotopic (exact) mass is 266 g/mol. The van der Waals surface area contributed by atoms with Crippen LogP contribution in [-0.2, 0) is 7.05 Å². The first-order valence-electron chi connectivity index (χ1n) is 4.17. The molecule has 0 spiro atoms. The van der Waals surface area contributed by atoms with E-state index < -0.39 is 0 Å². The van der Waals surface area contributed by atoms with Crippen molar-refractivity contribution < 1.29 is 4.79 Å². The van der Waals surface area contributed by atoms with E-state index >= 15 is 0 Å². The molecule has 76 valence electrons. The number of ketones is 1. The minimum Gasteiger partial charge on any atom is -0.331 e. The molecule has 2 aromatic heterocycles. The highest BCUT2D eigenvalue weighted by atomic mass is 79.9. The summed E-state index contributed by atoms with van der Waals surface area (Å²) in [6, 6.07) is 0. The molecule has 0 aliphatic heterocycles. The van der Waals surface area contributed by atoms with Gasteiger partial charge in [-0.05, 0) is 15.9 Å². The van der Waals surface area contributed by atoms with Gasteiger partial charge in [-0.1, -0.05) is 0 Å². The molecule has 0 saturated carbocycles. The number of carbonyl (C=O) groups is 1. The molecule has 0 atom stereocenters. The van der Waals surface area contributed by atoms with Crippen LogP contribution in [-0.4, -0.2) is 25.3 Å². The quantitative estimate of drug-likeness (QED) is 0.767. The summed E-state index contributed by atoms with van der Waals surface area (Å²) in [7, 11) is 1.76. The van der Waals surface area contributed by atoms with E-state index in [0.717, 1.165) is 0 Å². The highest BCUT2D eigenvalue weighted by Gasteiger charge is 2.17. The molecule has 5 nitrogen and oxygen atoms in total. The lowest BCUT2D eigenvalue weighted by atomic mass is 10.2. The maximum Gasteiger partial charge on any atom is 0.248 e. The molecule has 2 rings (SSSR count). The standard InChI is InChI=1S/C9H7BrN4O/c1-14-3-2-12-9(14)8(15)7-6(10)4-11-5-13-7/h2-5H,1H3. The van der Waals surface area contributed by atoms with E-state index in [1.807, 2.05) is 0 Å². The van der Waals surface area contributed by atoms with Crippen molar-refractivity contribution in [3.05, 3.63) is 40.9 Å². The van der Waals surface area contributed by atoms with E-state index in [-0.39, 0.29) is 5.78 Å². The van der Waals surface area contributed by atoms with E-state index in [9.17, 15) is 4.79 Å². The van der Waals surface area contributed by atoms with Gasteiger partial charge in [-0.25, -0.2) is 15.0 Å². The number of hydrogen-bond acceptors (Lipinski definition) is 4. The lowest BCUT2D eigenvalue weighted by molar-refractivity contribution is 0.102. The van der Waals surface area contributed by atoms with Gasteiger partial charge in [0.1, 0.15) is 12.0 Å². The first-order chi connectivity index (χ1) is 7.20. The molecular weight excluding hydrogens is 260 g/mol. The van der Waals surface area contributed by atoms with Crippen molar-refractivity contribution in [2.75, 3.05) is 0 Å². The van der Waals surface area contributed by atoms with Crippen LogP contribution in [0.4, 0.5) is 0 Å². The molecule has 0 aliphatic rings. The highest BCUT2D eigenvalue weighted by Crippen LogP contribution is 2.15. The summed E-state index contributed by atoms with van der Waals surface area (Å²) < 4.78 is 2.22. The van der Waals surface area contributed by atoms with Gasteiger partial charge in [0.2, 0.25) is 5.78 Å². The lowest BCUT2D eigenvalue weighted by Gasteiger charge is -2.01. The van der Waals surface area contributed by atoms with E-state index in [4.69, 9.17) is 0 Å². The first kappa shape index (κ1) is 9.97. The van der Waals surface area contributed by atoms with Crippen molar-refractivity contribution >= 4 is 21.7 Å². The molecule has 0 aliphatic carbocycles. The molecule has 0 saturated heterocycles. The number of nitrogens with zero attached hydrogens (tertiary/aromatic N) is 4. The Bertz CT molecular complexity index is 508. The van der Waals surface area contributed by atoms with Gasteiger partial charge in [0.25, 0.3) is 0 Å². The summed E-state index contributed by atoms with van der Waals surface area (Å²) in [5.74, 6) is 0.131. The molecule has 0 aromatic carbocycles. The number of imidazole rings is 1. The number of rotatable bonds is 2. The first-order valence-corrected chi connectivity index (χ1v) is 4.97. The SMILES string of the molecule is Cn1ccnc1C(=O)c1ncncc1Br. The zero-order valence-corrected chi connectivity index (χ0v) is 9.47. The Balaban J connectivity index is 2.46. The Kier molecular flexibility index (Phi) is 2.59. The number of halogens is 1. The Morgan fingerprint density at radius 1 is 1.47 bits per heavy atom. The number of carbonyl (C=O) groups excluding carboxylic acids is 1. The Hall–Kier alpha value is -1.56. The molecule has 0 fully saturated rings. The van der Waals surface area contributed by atoms with Crippen molar-refractivity contribution in [1.82, 2.24) is 19.5 Å². The van der Waals surface area contributed by atoms with Crippen molar-refractivity contribution in [2.45, 2.75) is 0 Å². The minimum absolute atomic E-state index is 0.225. The van der Waals surface area contributed by atoms with Gasteiger partial charge in [-0.15, -0.1) is 0 Å². The second-order valence-corrected chi connectivity index (χ2v) is 3.76. The van der Waals surface area contributed by atoms with Crippen molar-refractivity contribution in [3.63, 3.8) is 0 Å². The van der Waals surface area contributed by atoms with Crippen LogP contribution in [0.15, 0.2) is 29.4 Å². The third-order valence-electron chi connectivity index (χ3n) is 1.91. The summed E-state index contributed by atoms with van der Waals surface area (Å²) in [4.78, 5) is 23.6. The van der Waals surface area contributed by atoms with Crippen LogP contribution in [0.3, 0.4) is 0 Å². The summed E-state index contributed by atoms with van der Waals surface area (Å²) in [6.45, 7) is 0. The maximum absolute atomic E-state index is 11.9. The van der Waals surface area contributed by atoms with Gasteiger partial charge in [0, 0.05) is 25.6 Å². The largest absolute Gasteiger partial charge is 0.331 e. The van der Waals surface area contributed by atoms with Crippen molar-refractivity contribution in [2.24, 2.45) is 7.05 Å². The van der Waals surface area contributed by atoms with Gasteiger partial charge in [-0.3, -0.25) is 4.79 Å². The molecule has 0 N–H and O–H groups in total. The molecule has 0 unspecified atom stereocenters. The third kappa shape index (κ3) is 1.80. The van der Waals surface area contributed by atoms with Gasteiger partial charge >= 0.3 is 0 Å². The Morgan fingerprint density at radius 2 is 2.27 bits per heavy atom. The van der Waals surface area contributed by atoms with Crippen LogP contribution in [0, 0.1) is 0 Å². The second-order valence-electron chi connectivity index (χ2n) is 2.91. The van der Waals surface area contributed by atoms with Crippen LogP contribution in [0.2, 0.25) is 0 Å². The fourth-order valence-corrected chi connectivity index (χ4v) is 1.57. The second kappa shape index (κ2) is 3.90. The molecular formula is C9H7BrN4O. The number of aryl methyl sites for hydroxylation is 1. The normalized spacial score (nSPS) is 10.3. The van der Waals surface area contributed by atoms with Crippen LogP contribution in [0.25, 0.3) is 0 Å². The van der Waals surface area contributed by atoms with E-state index in [0.29, 0.717) is 16.0 Å². The number of aromatic nitrogens is 4. The predicted octanol–water partition coefficient (Wildman–Crippen LogP) is 1.20. The fourth-order valence-electron chi connectivity index (χ4n) is 1.17. The summed E-state index contributed by atoms with van der Waals surface area (Å²) in [5, 5.41) is 0. The molecule has 6 heteroatoms. The average molecular weight is 267 g/mol. The van der Waals surface area contributed by atoms with Crippen LogP contribution < -0.4 is 0 Å². The lowest BCUT2D eigenvalue weighted by Crippen LogP contribution is -2.11. The minimum atomic E-state index is -0.225. The van der Waals surface area contributed by atoms with Gasteiger partial charge < -0.3 is 4.57 Å². The summed E-state index contributed by atoms with van der Waals surface area (Å²) in [6.07, 6.45) is 6.15. The zero-order chi connectivity index (χ0) is 10.8. The maximum atomic E-state index is 11.9. The van der Waals surface area contributed by atoms with E-state index in [1.165, 1.54) is 12.5 Å². The Labute approximate surface area is 94.3 Å². The molecule has 2 aromatic rings. The van der Waals surface area contributed by atoms with Crippen molar-refractivity contribution in [1.29, 1.82) is 0 Å². The topological polar surface area (TPSA) is 60.7 Å². The average Bonchev–Trinajstić information content (AvgIpc) is 2.64. The molecule has 0 radical (unpaired) electrons. The van der Waals surface area contributed by atoms with Crippen LogP contribution in [0.1, 0.15) is 16.3 Å². The smallest absolute Gasteiger partial charge is 0.248 e. The molecule has 15 heavy (non-hydrogen) atoms. The molecule has 0 bridgehead atoms. The van der Waals surface area contributed by atoms with Crippen LogP contribution >= 0.6 is 15.9 Å². The van der Waals surface area contributed by atoms with E-state index in [2.05, 4.69) is 30.9 Å². The Morgan fingerprint density at radius 3 is 2.87 bits per heavy atom. The predicted molar refractivity (Wildman–Crippen MR) is 56.4 cm³/mol. The summed E-state index contributed by atoms with van der Waals surface area (Å²) in [5.41, 5.74) is 0.319. The number of hydrogen-bond donors (Lipinski definition) is 0. The van der Waals surface area contributed by atoms with Gasteiger partial charge in [0.05, 0.1) is 4.47 Å². The van der Waals surface area contributed by atoms with Gasteiger partial charge in [-0.2, -0.15) is 0 Å². The van der Waals surface area contributed by atoms with E-state index in [1.54, 1.807) is 24.0 Å². The fraction of sp³-hybridized carbons (Fsp3) is 0.111. The van der Waals surface area contributed by atoms with Gasteiger partial charge in [0.15, 0.2) is 5.82 Å². The van der Waals surface area contributed by atoms with Crippen molar-refractivity contribution in [3.8, 4) is 0 Å². The highest BCUT2D eigenvalue weighted by molar-refractivity contribution is 9.10.